The number of carbonyl (C=O) groups excluding carboxylic acids is 1. The van der Waals surface area contributed by atoms with E-state index in [2.05, 4.69) is 41.4 Å². The molecule has 3 rings (SSSR count). The molecule has 1 aromatic carbocycles. The van der Waals surface area contributed by atoms with Gasteiger partial charge in [0.15, 0.2) is 0 Å². The Hall–Kier alpha value is -1.00. The van der Waals surface area contributed by atoms with Crippen LogP contribution < -0.4 is 5.32 Å². The van der Waals surface area contributed by atoms with E-state index in [4.69, 9.17) is 0 Å². The van der Waals surface area contributed by atoms with Crippen LogP contribution in [0.3, 0.4) is 0 Å². The number of rotatable bonds is 4. The van der Waals surface area contributed by atoms with Crippen LogP contribution in [-0.4, -0.2) is 41.7 Å². The fourth-order valence-corrected chi connectivity index (χ4v) is 4.44. The number of hydrogen-bond donors (Lipinski definition) is 1. The van der Waals surface area contributed by atoms with Crippen LogP contribution in [0, 0.1) is 0 Å². The van der Waals surface area contributed by atoms with Crippen molar-refractivity contribution in [3.8, 4) is 0 Å². The Kier molecular flexibility index (Phi) is 4.86. The molecule has 0 saturated carbocycles. The lowest BCUT2D eigenvalue weighted by Crippen LogP contribution is -2.47. The molecular weight excluding hydrogens is 280 g/mol. The van der Waals surface area contributed by atoms with Crippen molar-refractivity contribution in [1.29, 1.82) is 0 Å². The number of hydrogen-bond acceptors (Lipinski definition) is 3. The van der Waals surface area contributed by atoms with Crippen molar-refractivity contribution in [2.75, 3.05) is 19.6 Å². The number of amides is 1. The van der Waals surface area contributed by atoms with Gasteiger partial charge in [0.05, 0.1) is 5.25 Å². The molecule has 0 aromatic heterocycles. The maximum Gasteiger partial charge on any atom is 0.234 e. The van der Waals surface area contributed by atoms with E-state index in [0.717, 1.165) is 32.4 Å². The predicted octanol–water partition coefficient (Wildman–Crippen LogP) is 2.69. The molecular formula is C17H24N2OS. The van der Waals surface area contributed by atoms with Crippen LogP contribution in [0.25, 0.3) is 0 Å². The molecule has 21 heavy (non-hydrogen) atoms. The fraction of sp³-hybridized carbons (Fsp3) is 0.588. The molecule has 2 heterocycles. The molecule has 1 unspecified atom stereocenters. The third-order valence-electron chi connectivity index (χ3n) is 4.41. The standard InChI is InChI=1S/C17H24N2OS/c1-2-9-19-10-7-14(8-11-19)18-17(20)16-12-13-5-3-4-6-15(13)21-16/h3-6,14,16H,2,7-12H2,1H3,(H,18,20). The molecule has 1 atom stereocenters. The number of fused-ring (bicyclic) bond motifs is 1. The Morgan fingerprint density at radius 3 is 2.81 bits per heavy atom. The minimum absolute atomic E-state index is 0.0658. The lowest BCUT2D eigenvalue weighted by Gasteiger charge is -2.32. The van der Waals surface area contributed by atoms with Crippen LogP contribution in [0.5, 0.6) is 0 Å². The Morgan fingerprint density at radius 1 is 1.33 bits per heavy atom. The molecule has 1 aromatic rings. The summed E-state index contributed by atoms with van der Waals surface area (Å²) in [5.41, 5.74) is 1.32. The Balaban J connectivity index is 1.48. The summed E-state index contributed by atoms with van der Waals surface area (Å²) in [4.78, 5) is 16.2. The summed E-state index contributed by atoms with van der Waals surface area (Å²) in [7, 11) is 0. The molecule has 0 radical (unpaired) electrons. The second-order valence-corrected chi connectivity index (χ2v) is 7.29. The molecule has 2 aliphatic heterocycles. The molecule has 0 spiro atoms. The third-order valence-corrected chi connectivity index (χ3v) is 5.73. The first kappa shape index (κ1) is 14.9. The smallest absolute Gasteiger partial charge is 0.234 e. The van der Waals surface area contributed by atoms with Crippen molar-refractivity contribution in [2.24, 2.45) is 0 Å². The second-order valence-electron chi connectivity index (χ2n) is 6.04. The van der Waals surface area contributed by atoms with Gasteiger partial charge in [0, 0.05) is 24.0 Å². The zero-order valence-corrected chi connectivity index (χ0v) is 13.5. The van der Waals surface area contributed by atoms with E-state index in [1.165, 1.54) is 23.4 Å². The van der Waals surface area contributed by atoms with Gasteiger partial charge < -0.3 is 10.2 Å². The summed E-state index contributed by atoms with van der Waals surface area (Å²) < 4.78 is 0. The van der Waals surface area contributed by atoms with E-state index < -0.39 is 0 Å². The lowest BCUT2D eigenvalue weighted by molar-refractivity contribution is -0.121. The normalized spacial score (nSPS) is 23.0. The van der Waals surface area contributed by atoms with Gasteiger partial charge >= 0.3 is 0 Å². The predicted molar refractivity (Wildman–Crippen MR) is 87.7 cm³/mol. The van der Waals surface area contributed by atoms with Crippen molar-refractivity contribution in [1.82, 2.24) is 10.2 Å². The number of nitrogens with zero attached hydrogens (tertiary/aromatic N) is 1. The molecule has 0 bridgehead atoms. The van der Waals surface area contributed by atoms with E-state index in [1.54, 1.807) is 11.8 Å². The third kappa shape index (κ3) is 3.61. The van der Waals surface area contributed by atoms with Crippen molar-refractivity contribution in [3.63, 3.8) is 0 Å². The molecule has 1 N–H and O–H groups in total. The Labute approximate surface area is 131 Å². The summed E-state index contributed by atoms with van der Waals surface area (Å²) in [6, 6.07) is 8.74. The van der Waals surface area contributed by atoms with Gasteiger partial charge in [-0.05, 0) is 43.9 Å². The van der Waals surface area contributed by atoms with Crippen LogP contribution in [0.1, 0.15) is 31.7 Å². The van der Waals surface area contributed by atoms with Gasteiger partial charge in [0.2, 0.25) is 5.91 Å². The summed E-state index contributed by atoms with van der Waals surface area (Å²) in [6.07, 6.45) is 4.28. The summed E-state index contributed by atoms with van der Waals surface area (Å²) >= 11 is 1.72. The van der Waals surface area contributed by atoms with Crippen LogP contribution >= 0.6 is 11.8 Å². The van der Waals surface area contributed by atoms with Crippen molar-refractivity contribution < 1.29 is 4.79 Å². The van der Waals surface area contributed by atoms with Crippen LogP contribution in [0.15, 0.2) is 29.2 Å². The molecule has 2 aliphatic rings. The molecule has 4 heteroatoms. The highest BCUT2D eigenvalue weighted by Gasteiger charge is 2.30. The molecule has 3 nitrogen and oxygen atoms in total. The number of likely N-dealkylation sites (tertiary alicyclic amines) is 1. The number of piperidine rings is 1. The summed E-state index contributed by atoms with van der Waals surface area (Å²) in [5.74, 6) is 0.227. The van der Waals surface area contributed by atoms with Gasteiger partial charge in [-0.1, -0.05) is 25.1 Å². The van der Waals surface area contributed by atoms with Crippen LogP contribution in [-0.2, 0) is 11.2 Å². The Bertz CT molecular complexity index is 472. The zero-order chi connectivity index (χ0) is 14.7. The monoisotopic (exact) mass is 304 g/mol. The highest BCUT2D eigenvalue weighted by Crippen LogP contribution is 2.36. The van der Waals surface area contributed by atoms with E-state index >= 15 is 0 Å². The van der Waals surface area contributed by atoms with Crippen molar-refractivity contribution in [3.05, 3.63) is 29.8 Å². The van der Waals surface area contributed by atoms with Crippen LogP contribution in [0.4, 0.5) is 0 Å². The van der Waals surface area contributed by atoms with Crippen molar-refractivity contribution in [2.45, 2.75) is 48.8 Å². The van der Waals surface area contributed by atoms with Gasteiger partial charge in [0.25, 0.3) is 0 Å². The number of thioether (sulfide) groups is 1. The average Bonchev–Trinajstić information content (AvgIpc) is 2.94. The molecule has 1 saturated heterocycles. The fourth-order valence-electron chi connectivity index (χ4n) is 3.24. The quantitative estimate of drug-likeness (QED) is 0.928. The molecule has 1 fully saturated rings. The zero-order valence-electron chi connectivity index (χ0n) is 12.7. The molecule has 114 valence electrons. The first-order valence-electron chi connectivity index (χ1n) is 8.03. The minimum Gasteiger partial charge on any atom is -0.352 e. The Morgan fingerprint density at radius 2 is 2.10 bits per heavy atom. The number of carbonyl (C=O) groups is 1. The average molecular weight is 304 g/mol. The second kappa shape index (κ2) is 6.84. The minimum atomic E-state index is 0.0658. The number of nitrogens with one attached hydrogen (secondary N) is 1. The largest absolute Gasteiger partial charge is 0.352 e. The van der Waals surface area contributed by atoms with E-state index in [0.29, 0.717) is 6.04 Å². The van der Waals surface area contributed by atoms with E-state index in [9.17, 15) is 4.79 Å². The maximum absolute atomic E-state index is 12.4. The highest BCUT2D eigenvalue weighted by molar-refractivity contribution is 8.01. The summed E-state index contributed by atoms with van der Waals surface area (Å²) in [6.45, 7) is 5.66. The van der Waals surface area contributed by atoms with E-state index in [1.807, 2.05) is 0 Å². The highest BCUT2D eigenvalue weighted by atomic mass is 32.2. The summed E-state index contributed by atoms with van der Waals surface area (Å²) in [5, 5.41) is 3.34. The van der Waals surface area contributed by atoms with Gasteiger partial charge in [-0.15, -0.1) is 11.8 Å². The topological polar surface area (TPSA) is 32.3 Å². The SMILES string of the molecule is CCCN1CCC(NC(=O)C2Cc3ccccc3S2)CC1. The van der Waals surface area contributed by atoms with Gasteiger partial charge in [-0.2, -0.15) is 0 Å². The number of benzene rings is 1. The lowest BCUT2D eigenvalue weighted by atomic mass is 10.0. The van der Waals surface area contributed by atoms with Gasteiger partial charge in [-0.25, -0.2) is 0 Å². The van der Waals surface area contributed by atoms with Gasteiger partial charge in [-0.3, -0.25) is 4.79 Å². The van der Waals surface area contributed by atoms with E-state index in [-0.39, 0.29) is 11.2 Å². The van der Waals surface area contributed by atoms with Gasteiger partial charge in [0.1, 0.15) is 0 Å². The van der Waals surface area contributed by atoms with Crippen LogP contribution in [0.2, 0.25) is 0 Å². The molecule has 0 aliphatic carbocycles. The first-order valence-corrected chi connectivity index (χ1v) is 8.91. The molecule has 1 amide bonds. The van der Waals surface area contributed by atoms with Crippen molar-refractivity contribution >= 4 is 17.7 Å². The maximum atomic E-state index is 12.4. The first-order chi connectivity index (χ1) is 10.3.